The summed E-state index contributed by atoms with van der Waals surface area (Å²) in [6.45, 7) is -0.524. The Balaban J connectivity index is 2.37. The number of rotatable bonds is 5. The molecular weight excluding hydrogens is 247 g/mol. The summed E-state index contributed by atoms with van der Waals surface area (Å²) >= 11 is 0. The minimum atomic E-state index is -0.898. The zero-order chi connectivity index (χ0) is 13.9. The van der Waals surface area contributed by atoms with Crippen molar-refractivity contribution in [3.63, 3.8) is 0 Å². The van der Waals surface area contributed by atoms with E-state index in [1.54, 1.807) is 30.1 Å². The molecule has 0 atom stereocenters. The van der Waals surface area contributed by atoms with Crippen LogP contribution in [-0.4, -0.2) is 33.2 Å². The van der Waals surface area contributed by atoms with Crippen molar-refractivity contribution in [3.05, 3.63) is 53.6 Å². The molecule has 0 aliphatic heterocycles. The second-order valence-electron chi connectivity index (χ2n) is 4.81. The fourth-order valence-corrected chi connectivity index (χ4v) is 2.22. The highest BCUT2D eigenvalue weighted by Gasteiger charge is 2.32. The Hall–Kier alpha value is -1.72. The van der Waals surface area contributed by atoms with Crippen LogP contribution in [0, 0.1) is 5.82 Å². The van der Waals surface area contributed by atoms with E-state index in [1.807, 2.05) is 6.20 Å². The first-order valence-electron chi connectivity index (χ1n) is 6.05. The van der Waals surface area contributed by atoms with Crippen LogP contribution in [0.3, 0.4) is 0 Å². The Labute approximate surface area is 111 Å². The molecule has 5 heteroatoms. The lowest BCUT2D eigenvalue weighted by Gasteiger charge is -2.30. The average molecular weight is 264 g/mol. The third kappa shape index (κ3) is 2.83. The summed E-state index contributed by atoms with van der Waals surface area (Å²) in [6, 6.07) is 5.98. The smallest absolute Gasteiger partial charge is 0.123 e. The lowest BCUT2D eigenvalue weighted by molar-refractivity contribution is 0.116. The second-order valence-corrected chi connectivity index (χ2v) is 4.81. The number of aromatic nitrogens is 2. The van der Waals surface area contributed by atoms with Gasteiger partial charge in [0.15, 0.2) is 0 Å². The van der Waals surface area contributed by atoms with Crippen molar-refractivity contribution in [3.8, 4) is 0 Å². The molecule has 0 fully saturated rings. The third-order valence-corrected chi connectivity index (χ3v) is 3.34. The van der Waals surface area contributed by atoms with Crippen LogP contribution in [0.2, 0.25) is 0 Å². The number of hydrogen-bond acceptors (Lipinski definition) is 3. The molecule has 1 aromatic heterocycles. The van der Waals surface area contributed by atoms with Crippen molar-refractivity contribution in [1.29, 1.82) is 0 Å². The van der Waals surface area contributed by atoms with E-state index >= 15 is 0 Å². The van der Waals surface area contributed by atoms with Crippen LogP contribution in [0.5, 0.6) is 0 Å². The molecule has 4 nitrogen and oxygen atoms in total. The van der Waals surface area contributed by atoms with E-state index in [1.165, 1.54) is 12.1 Å². The molecule has 1 aromatic carbocycles. The Morgan fingerprint density at radius 2 is 2.05 bits per heavy atom. The molecule has 19 heavy (non-hydrogen) atoms. The zero-order valence-corrected chi connectivity index (χ0v) is 10.8. The normalized spacial score (nSPS) is 11.8. The van der Waals surface area contributed by atoms with E-state index in [0.717, 1.165) is 5.56 Å². The molecule has 0 saturated heterocycles. The van der Waals surface area contributed by atoms with Crippen molar-refractivity contribution in [1.82, 2.24) is 9.78 Å². The van der Waals surface area contributed by atoms with Crippen molar-refractivity contribution < 1.29 is 14.6 Å². The van der Waals surface area contributed by atoms with Gasteiger partial charge in [0.2, 0.25) is 0 Å². The molecule has 0 bridgehead atoms. The Bertz CT molecular complexity index is 550. The molecular formula is C14H17FN2O2. The standard InChI is InChI=1S/C14H17FN2O2/c1-17-8-11(7-16-17)6-14(9-18,10-19)12-3-2-4-13(15)5-12/h2-5,7-8,18-19H,6,9-10H2,1H3. The molecule has 0 aliphatic carbocycles. The molecule has 2 N–H and O–H groups in total. The van der Waals surface area contributed by atoms with Crippen LogP contribution in [0.4, 0.5) is 4.39 Å². The van der Waals surface area contributed by atoms with Crippen molar-refractivity contribution in [2.45, 2.75) is 11.8 Å². The van der Waals surface area contributed by atoms with Crippen LogP contribution in [0.15, 0.2) is 36.7 Å². The van der Waals surface area contributed by atoms with Crippen LogP contribution in [0.25, 0.3) is 0 Å². The SMILES string of the molecule is Cn1cc(CC(CO)(CO)c2cccc(F)c2)cn1. The molecule has 2 aromatic rings. The number of aryl methyl sites for hydroxylation is 1. The van der Waals surface area contributed by atoms with E-state index in [4.69, 9.17) is 0 Å². The Morgan fingerprint density at radius 1 is 1.32 bits per heavy atom. The monoisotopic (exact) mass is 264 g/mol. The molecule has 0 amide bonds. The van der Waals surface area contributed by atoms with E-state index in [0.29, 0.717) is 12.0 Å². The summed E-state index contributed by atoms with van der Waals surface area (Å²) < 4.78 is 15.0. The predicted molar refractivity (Wildman–Crippen MR) is 69.2 cm³/mol. The number of benzene rings is 1. The summed E-state index contributed by atoms with van der Waals surface area (Å²) in [6.07, 6.45) is 3.90. The molecule has 0 saturated carbocycles. The summed E-state index contributed by atoms with van der Waals surface area (Å²) in [7, 11) is 1.80. The fourth-order valence-electron chi connectivity index (χ4n) is 2.22. The van der Waals surface area contributed by atoms with Gasteiger partial charge in [-0.15, -0.1) is 0 Å². The minimum absolute atomic E-state index is 0.262. The number of aliphatic hydroxyl groups excluding tert-OH is 2. The highest BCUT2D eigenvalue weighted by Crippen LogP contribution is 2.28. The Morgan fingerprint density at radius 3 is 2.58 bits per heavy atom. The van der Waals surface area contributed by atoms with Gasteiger partial charge >= 0.3 is 0 Å². The molecule has 2 rings (SSSR count). The first-order chi connectivity index (χ1) is 9.09. The molecule has 0 radical (unpaired) electrons. The largest absolute Gasteiger partial charge is 0.395 e. The summed E-state index contributed by atoms with van der Waals surface area (Å²) in [4.78, 5) is 0. The average Bonchev–Trinajstić information content (AvgIpc) is 2.81. The van der Waals surface area contributed by atoms with Gasteiger partial charge in [-0.2, -0.15) is 5.10 Å². The third-order valence-electron chi connectivity index (χ3n) is 3.34. The second kappa shape index (κ2) is 5.50. The van der Waals surface area contributed by atoms with Gasteiger partial charge in [-0.1, -0.05) is 12.1 Å². The number of nitrogens with zero attached hydrogens (tertiary/aromatic N) is 2. The molecule has 0 unspecified atom stereocenters. The topological polar surface area (TPSA) is 58.3 Å². The van der Waals surface area contributed by atoms with Crippen LogP contribution >= 0.6 is 0 Å². The molecule has 0 aliphatic rings. The van der Waals surface area contributed by atoms with Gasteiger partial charge in [0.05, 0.1) is 19.4 Å². The van der Waals surface area contributed by atoms with Crippen molar-refractivity contribution in [2.24, 2.45) is 7.05 Å². The van der Waals surface area contributed by atoms with E-state index in [-0.39, 0.29) is 19.0 Å². The maximum Gasteiger partial charge on any atom is 0.123 e. The molecule has 102 valence electrons. The van der Waals surface area contributed by atoms with Gasteiger partial charge in [-0.05, 0) is 29.7 Å². The summed E-state index contributed by atoms with van der Waals surface area (Å²) in [5.74, 6) is -0.380. The van der Waals surface area contributed by atoms with Gasteiger partial charge in [-0.3, -0.25) is 4.68 Å². The molecule has 1 heterocycles. The van der Waals surface area contributed by atoms with E-state index in [2.05, 4.69) is 5.10 Å². The van der Waals surface area contributed by atoms with Crippen LogP contribution in [0.1, 0.15) is 11.1 Å². The summed E-state index contributed by atoms with van der Waals surface area (Å²) in [5.41, 5.74) is 0.571. The van der Waals surface area contributed by atoms with Gasteiger partial charge in [0.1, 0.15) is 5.82 Å². The van der Waals surface area contributed by atoms with Gasteiger partial charge in [0.25, 0.3) is 0 Å². The number of halogens is 1. The fraction of sp³-hybridized carbons (Fsp3) is 0.357. The number of aliphatic hydroxyl groups is 2. The maximum absolute atomic E-state index is 13.3. The highest BCUT2D eigenvalue weighted by atomic mass is 19.1. The van der Waals surface area contributed by atoms with E-state index in [9.17, 15) is 14.6 Å². The van der Waals surface area contributed by atoms with Crippen molar-refractivity contribution in [2.75, 3.05) is 13.2 Å². The predicted octanol–water partition coefficient (Wildman–Crippen LogP) is 1.02. The van der Waals surface area contributed by atoms with E-state index < -0.39 is 5.41 Å². The zero-order valence-electron chi connectivity index (χ0n) is 10.8. The lowest BCUT2D eigenvalue weighted by atomic mass is 9.77. The van der Waals surface area contributed by atoms with Crippen LogP contribution < -0.4 is 0 Å². The maximum atomic E-state index is 13.3. The van der Waals surface area contributed by atoms with Crippen molar-refractivity contribution >= 4 is 0 Å². The lowest BCUT2D eigenvalue weighted by Crippen LogP contribution is -2.37. The van der Waals surface area contributed by atoms with Gasteiger partial charge < -0.3 is 10.2 Å². The van der Waals surface area contributed by atoms with Crippen LogP contribution in [-0.2, 0) is 18.9 Å². The first kappa shape index (κ1) is 13.7. The number of hydrogen-bond donors (Lipinski definition) is 2. The highest BCUT2D eigenvalue weighted by molar-refractivity contribution is 5.29. The minimum Gasteiger partial charge on any atom is -0.395 e. The molecule has 0 spiro atoms. The van der Waals surface area contributed by atoms with Gasteiger partial charge in [0, 0.05) is 18.7 Å². The Kier molecular flexibility index (Phi) is 3.97. The summed E-state index contributed by atoms with van der Waals surface area (Å²) in [5, 5.41) is 23.4. The first-order valence-corrected chi connectivity index (χ1v) is 6.05. The quantitative estimate of drug-likeness (QED) is 0.848. The van der Waals surface area contributed by atoms with Gasteiger partial charge in [-0.25, -0.2) is 4.39 Å².